The Labute approximate surface area is 327 Å². The summed E-state index contributed by atoms with van der Waals surface area (Å²) < 4.78 is 12.5. The third-order valence-corrected chi connectivity index (χ3v) is 2.19. The Hall–Kier alpha value is -3.99. The molecule has 0 heterocycles. The van der Waals surface area contributed by atoms with Crippen LogP contribution in [0.25, 0.3) is 0 Å². The first kappa shape index (κ1) is 126. The molecule has 7 N–H and O–H groups in total. The maximum atomic E-state index is 9.96. The van der Waals surface area contributed by atoms with E-state index in [1.54, 1.807) is 49.5 Å². The summed E-state index contributed by atoms with van der Waals surface area (Å²) in [6.07, 6.45) is -0.407. The van der Waals surface area contributed by atoms with Gasteiger partial charge in [-0.3, -0.25) is 19.2 Å². The van der Waals surface area contributed by atoms with Crippen molar-refractivity contribution < 1.29 is 47.8 Å². The number of carbonyl (C=O) groups is 7. The Balaban J connectivity index is -0.0000000136. The van der Waals surface area contributed by atoms with Crippen molar-refractivity contribution in [3.05, 3.63) is 0 Å². The van der Waals surface area contributed by atoms with E-state index in [-0.39, 0.29) is 110 Å². The molecule has 0 spiro atoms. The first-order valence-electron chi connectivity index (χ1n) is 12.0. The highest BCUT2D eigenvalue weighted by Crippen LogP contribution is 1.62. The number of ketones is 1. The van der Waals surface area contributed by atoms with Crippen molar-refractivity contribution in [1.29, 1.82) is 0 Å². The number of ether oxygens (including phenoxy) is 3. The van der Waals surface area contributed by atoms with E-state index in [9.17, 15) is 33.6 Å². The normalized spacial score (nSPS) is 5.42. The molecule has 336 valence electrons. The fourth-order valence-corrected chi connectivity index (χ4v) is 0.227. The van der Waals surface area contributed by atoms with E-state index in [1.165, 1.54) is 62.8 Å². The Bertz CT molecular complexity index is 539. The quantitative estimate of drug-likeness (QED) is 0.141. The Kier molecular flexibility index (Phi) is 331. The lowest BCUT2D eigenvalue weighted by atomic mass is 10.6. The van der Waals surface area contributed by atoms with Gasteiger partial charge in [0.2, 0.25) is 17.7 Å². The van der Waals surface area contributed by atoms with E-state index < -0.39 is 6.09 Å². The lowest BCUT2D eigenvalue weighted by Crippen LogP contribution is -2.28. The van der Waals surface area contributed by atoms with Gasteiger partial charge in [0.05, 0.1) is 14.2 Å². The maximum Gasteiger partial charge on any atom is 0.406 e. The predicted molar refractivity (Wildman–Crippen MR) is 233 cm³/mol. The van der Waals surface area contributed by atoms with E-state index in [0.717, 1.165) is 0 Å². The van der Waals surface area contributed by atoms with Crippen LogP contribution in [-0.2, 0) is 38.2 Å². The summed E-state index contributed by atoms with van der Waals surface area (Å²) >= 11 is 0. The fourth-order valence-electron chi connectivity index (χ4n) is 0.227. The number of alkyl carbamates (subject to hydrolysis) is 1. The van der Waals surface area contributed by atoms with Gasteiger partial charge in [-0.15, -0.1) is 0 Å². The second-order valence-corrected chi connectivity index (χ2v) is 6.50. The van der Waals surface area contributed by atoms with Crippen LogP contribution in [0.1, 0.15) is 116 Å². The van der Waals surface area contributed by atoms with Crippen LogP contribution in [0.2, 0.25) is 0 Å². The smallest absolute Gasteiger partial charge is 0.406 e. The van der Waals surface area contributed by atoms with Gasteiger partial charge in [0.15, 0.2) is 0 Å². The molecule has 0 atom stereocenters. The van der Waals surface area contributed by atoms with Crippen LogP contribution in [0.15, 0.2) is 0 Å². The summed E-state index contributed by atoms with van der Waals surface area (Å²) in [4.78, 5) is 67.9. The van der Waals surface area contributed by atoms with Gasteiger partial charge < -0.3 is 56.2 Å². The molecular formula is C35H101N7O10. The molecule has 0 aromatic heterocycles. The average Bonchev–Trinajstić information content (AvgIpc) is 2.94. The van der Waals surface area contributed by atoms with Crippen LogP contribution < -0.4 is 37.2 Å². The van der Waals surface area contributed by atoms with E-state index >= 15 is 0 Å². The number of hydrogen-bond acceptors (Lipinski definition) is 11. The van der Waals surface area contributed by atoms with Crippen molar-refractivity contribution in [3.8, 4) is 0 Å². The topological polar surface area (TPSA) is 231 Å². The van der Waals surface area contributed by atoms with Gasteiger partial charge in [0.25, 0.3) is 0 Å². The molecule has 17 heteroatoms. The highest BCUT2D eigenvalue weighted by Gasteiger charge is 1.85. The molecule has 0 aliphatic rings. The second kappa shape index (κ2) is 136. The molecule has 0 radical (unpaired) electrons. The van der Waals surface area contributed by atoms with Crippen molar-refractivity contribution in [2.45, 2.75) is 116 Å². The minimum atomic E-state index is -0.407. The van der Waals surface area contributed by atoms with Gasteiger partial charge >= 0.3 is 18.1 Å². The van der Waals surface area contributed by atoms with Crippen LogP contribution in [0.5, 0.6) is 0 Å². The van der Waals surface area contributed by atoms with E-state index in [0.29, 0.717) is 0 Å². The first-order valence-corrected chi connectivity index (χ1v) is 12.0. The van der Waals surface area contributed by atoms with Crippen LogP contribution in [0, 0.1) is 0 Å². The third kappa shape index (κ3) is 646. The lowest BCUT2D eigenvalue weighted by molar-refractivity contribution is -0.138. The first-order chi connectivity index (χ1) is 19.3. The molecular weight excluding hydrogens is 678 g/mol. The third-order valence-electron chi connectivity index (χ3n) is 2.19. The number of nitrogens with one attached hydrogen (secondary N) is 7. The minimum absolute atomic E-state index is 0. The molecule has 0 bridgehead atoms. The van der Waals surface area contributed by atoms with Crippen molar-refractivity contribution in [2.24, 2.45) is 0 Å². The molecule has 0 unspecified atom stereocenters. The van der Waals surface area contributed by atoms with E-state index in [4.69, 9.17) is 0 Å². The number of methoxy groups -OCH3 is 3. The van der Waals surface area contributed by atoms with Gasteiger partial charge in [-0.05, 0) is 27.9 Å². The van der Waals surface area contributed by atoms with Crippen LogP contribution in [-0.4, -0.2) is 126 Å². The van der Waals surface area contributed by atoms with Crippen molar-refractivity contribution in [2.75, 3.05) is 84.8 Å². The molecule has 0 saturated carbocycles. The van der Waals surface area contributed by atoms with E-state index in [1.807, 2.05) is 14.1 Å². The van der Waals surface area contributed by atoms with Gasteiger partial charge in [-0.2, -0.15) is 0 Å². The molecule has 17 nitrogen and oxygen atoms in total. The molecule has 0 aliphatic carbocycles. The predicted octanol–water partition coefficient (Wildman–Crippen LogP) is 6.01. The number of hydrogen-bond donors (Lipinski definition) is 7. The SMILES string of the molecule is C.C.C.C.C.C.C.C.C.C.CC(C)=O.CNC.CNC(=O)NC.CNC(=O)OC.CNC(C)=O.CNC(C)=O.CNC(C)=O.COC.COC(C)=O. The fraction of sp³-hybridized carbons (Fsp3) is 0.800. The largest absolute Gasteiger partial charge is 0.469 e. The zero-order valence-electron chi connectivity index (χ0n) is 29.1. The molecule has 0 aromatic carbocycles. The lowest BCUT2D eigenvalue weighted by Gasteiger charge is -1.91. The van der Waals surface area contributed by atoms with E-state index in [2.05, 4.69) is 51.4 Å². The molecule has 0 saturated heterocycles. The van der Waals surface area contributed by atoms with Gasteiger partial charge in [0.1, 0.15) is 5.78 Å². The summed E-state index contributed by atoms with van der Waals surface area (Å²) in [6.45, 7) is 8.83. The second-order valence-electron chi connectivity index (χ2n) is 6.50. The molecule has 52 heavy (non-hydrogen) atoms. The zero-order chi connectivity index (χ0) is 36.1. The molecule has 0 aromatic rings. The number of rotatable bonds is 0. The zero-order valence-corrected chi connectivity index (χ0v) is 29.1. The number of carbonyl (C=O) groups excluding carboxylic acids is 7. The summed E-state index contributed by atoms with van der Waals surface area (Å²) in [6, 6.07) is -0.157. The minimum Gasteiger partial charge on any atom is -0.469 e. The summed E-state index contributed by atoms with van der Waals surface area (Å²) in [5.41, 5.74) is 0. The molecule has 6 amide bonds. The number of urea groups is 1. The number of esters is 1. The standard InChI is InChI=1S/C3H8N2O.C3H7NO2.3C3H7NO.C3H6O2.C3H6O.C2H7N.C2H6O.10CH4/c1-4-3(6)5-2;1-4-3(5)6-2;3*1-3(5)4-2;1-3(4)5-2;1-3(2)4;2*1-3-2;;;;;;;;;;/h1-2H3,(H2,4,5,6);1-2H3,(H,4,5);3*1-2H3,(H,4,5);1-2H3;1-2H3;3H,1-2H3;1-2H3;10*1H4. The van der Waals surface area contributed by atoms with Gasteiger partial charge in [-0.25, -0.2) is 9.59 Å². The Morgan fingerprint density at radius 3 is 0.500 bits per heavy atom. The monoisotopic (exact) mass is 780 g/mol. The highest BCUT2D eigenvalue weighted by molar-refractivity contribution is 5.73. The highest BCUT2D eigenvalue weighted by atomic mass is 16.5. The van der Waals surface area contributed by atoms with Crippen LogP contribution >= 0.6 is 0 Å². The van der Waals surface area contributed by atoms with Gasteiger partial charge in [-0.1, -0.05) is 74.3 Å². The molecule has 0 aliphatic heterocycles. The van der Waals surface area contributed by atoms with Crippen molar-refractivity contribution in [1.82, 2.24) is 37.2 Å². The summed E-state index contributed by atoms with van der Waals surface area (Å²) in [5.74, 6) is -0.0648. The van der Waals surface area contributed by atoms with Crippen LogP contribution in [0.4, 0.5) is 9.59 Å². The molecule has 0 rings (SSSR count). The summed E-state index contributed by atoms with van der Waals surface area (Å²) in [7, 11) is 19.1. The number of Topliss-reactive ketones (excluding diaryl/α,β-unsaturated/α-hetero) is 1. The Morgan fingerprint density at radius 1 is 0.365 bits per heavy atom. The van der Waals surface area contributed by atoms with Crippen LogP contribution in [0.3, 0.4) is 0 Å². The Morgan fingerprint density at radius 2 is 0.500 bits per heavy atom. The number of amides is 6. The average molecular weight is 780 g/mol. The van der Waals surface area contributed by atoms with Crippen molar-refractivity contribution >= 4 is 41.6 Å². The van der Waals surface area contributed by atoms with Gasteiger partial charge in [0, 0.05) is 84.2 Å². The van der Waals surface area contributed by atoms with Crippen molar-refractivity contribution in [3.63, 3.8) is 0 Å². The maximum absolute atomic E-state index is 9.96. The molecule has 0 fully saturated rings. The summed E-state index contributed by atoms with van der Waals surface area (Å²) in [5, 5.41) is 16.9.